The molecule has 1 aromatic heterocycles. The SMILES string of the molecule is CCCCCCCCCCc1sc(B2OC(C)(C)C(C)(C)O2)c(O)c1O. The van der Waals surface area contributed by atoms with Crippen molar-refractivity contribution in [2.75, 3.05) is 0 Å². The molecule has 2 rings (SSSR count). The highest BCUT2D eigenvalue weighted by Gasteiger charge is 2.53. The zero-order valence-corrected chi connectivity index (χ0v) is 17.9. The average Bonchev–Trinajstić information content (AvgIpc) is 2.96. The molecular weight excluding hydrogens is 347 g/mol. The Labute approximate surface area is 163 Å². The van der Waals surface area contributed by atoms with Crippen LogP contribution in [0.4, 0.5) is 0 Å². The Morgan fingerprint density at radius 3 is 1.85 bits per heavy atom. The quantitative estimate of drug-likeness (QED) is 0.434. The fourth-order valence-corrected chi connectivity index (χ4v) is 4.27. The molecule has 2 heterocycles. The van der Waals surface area contributed by atoms with Gasteiger partial charge in [-0.15, -0.1) is 11.3 Å². The third kappa shape index (κ3) is 4.96. The van der Waals surface area contributed by atoms with E-state index in [-0.39, 0.29) is 11.5 Å². The van der Waals surface area contributed by atoms with Crippen LogP contribution in [-0.2, 0) is 15.7 Å². The van der Waals surface area contributed by atoms with Gasteiger partial charge in [-0.3, -0.25) is 0 Å². The fourth-order valence-electron chi connectivity index (χ4n) is 3.18. The molecule has 6 heteroatoms. The highest BCUT2D eigenvalue weighted by atomic mass is 32.1. The van der Waals surface area contributed by atoms with E-state index in [0.29, 0.717) is 4.78 Å². The molecule has 1 fully saturated rings. The number of rotatable bonds is 10. The van der Waals surface area contributed by atoms with Crippen molar-refractivity contribution in [1.29, 1.82) is 0 Å². The van der Waals surface area contributed by atoms with Gasteiger partial charge >= 0.3 is 7.12 Å². The van der Waals surface area contributed by atoms with E-state index in [9.17, 15) is 10.2 Å². The van der Waals surface area contributed by atoms with E-state index in [4.69, 9.17) is 9.31 Å². The minimum Gasteiger partial charge on any atom is -0.504 e. The van der Waals surface area contributed by atoms with Gasteiger partial charge in [0, 0.05) is 4.88 Å². The average molecular weight is 382 g/mol. The van der Waals surface area contributed by atoms with E-state index in [1.807, 2.05) is 27.7 Å². The highest BCUT2D eigenvalue weighted by Crippen LogP contribution is 2.41. The lowest BCUT2D eigenvalue weighted by Gasteiger charge is -2.32. The normalized spacial score (nSPS) is 18.6. The van der Waals surface area contributed by atoms with Crippen LogP contribution in [0.5, 0.6) is 11.5 Å². The van der Waals surface area contributed by atoms with E-state index in [1.54, 1.807) is 0 Å². The smallest absolute Gasteiger partial charge is 0.504 e. The van der Waals surface area contributed by atoms with Crippen molar-refractivity contribution in [3.63, 3.8) is 0 Å². The third-order valence-corrected chi connectivity index (χ3v) is 6.93. The van der Waals surface area contributed by atoms with Gasteiger partial charge < -0.3 is 19.5 Å². The van der Waals surface area contributed by atoms with Gasteiger partial charge in [0.2, 0.25) is 0 Å². The predicted octanol–water partition coefficient (Wildman–Crippen LogP) is 5.14. The second kappa shape index (κ2) is 8.98. The van der Waals surface area contributed by atoms with Crippen molar-refractivity contribution < 1.29 is 19.5 Å². The van der Waals surface area contributed by atoms with Gasteiger partial charge in [-0.2, -0.15) is 0 Å². The van der Waals surface area contributed by atoms with Gasteiger partial charge in [-0.1, -0.05) is 51.9 Å². The van der Waals surface area contributed by atoms with Gasteiger partial charge in [0.25, 0.3) is 0 Å². The minimum atomic E-state index is -0.622. The molecule has 0 atom stereocenters. The van der Waals surface area contributed by atoms with Crippen LogP contribution < -0.4 is 4.78 Å². The van der Waals surface area contributed by atoms with Crippen molar-refractivity contribution in [2.24, 2.45) is 0 Å². The maximum Gasteiger partial charge on any atom is 0.509 e. The van der Waals surface area contributed by atoms with Gasteiger partial charge in [0.1, 0.15) is 0 Å². The summed E-state index contributed by atoms with van der Waals surface area (Å²) in [5, 5.41) is 20.6. The number of aromatic hydroxyl groups is 2. The summed E-state index contributed by atoms with van der Waals surface area (Å²) in [4.78, 5) is 0.832. The first kappa shape index (κ1) is 21.6. The Kier molecular flexibility index (Phi) is 7.46. The molecule has 1 saturated heterocycles. The van der Waals surface area contributed by atoms with Crippen molar-refractivity contribution in [1.82, 2.24) is 0 Å². The van der Waals surface area contributed by atoms with E-state index >= 15 is 0 Å². The van der Waals surface area contributed by atoms with E-state index < -0.39 is 18.3 Å². The van der Waals surface area contributed by atoms with Gasteiger partial charge in [-0.25, -0.2) is 0 Å². The molecule has 0 aromatic carbocycles. The van der Waals surface area contributed by atoms with Crippen molar-refractivity contribution in [2.45, 2.75) is 104 Å². The summed E-state index contributed by atoms with van der Waals surface area (Å²) in [6.45, 7) is 10.2. The summed E-state index contributed by atoms with van der Waals surface area (Å²) in [5.74, 6) is -0.0780. The number of thiophene rings is 1. The molecule has 0 bridgehead atoms. The van der Waals surface area contributed by atoms with Crippen LogP contribution in [-0.4, -0.2) is 28.5 Å². The topological polar surface area (TPSA) is 58.9 Å². The minimum absolute atomic E-state index is 0.00246. The molecule has 1 aliphatic heterocycles. The van der Waals surface area contributed by atoms with Gasteiger partial charge in [-0.05, 0) is 40.5 Å². The molecule has 0 saturated carbocycles. The van der Waals surface area contributed by atoms with Crippen LogP contribution in [0, 0.1) is 0 Å². The van der Waals surface area contributed by atoms with E-state index in [1.165, 1.54) is 49.9 Å². The monoisotopic (exact) mass is 382 g/mol. The Hall–Kier alpha value is -0.715. The predicted molar refractivity (Wildman–Crippen MR) is 110 cm³/mol. The van der Waals surface area contributed by atoms with Gasteiger partial charge in [0.15, 0.2) is 11.5 Å². The summed E-state index contributed by atoms with van der Waals surface area (Å²) >= 11 is 1.41. The summed E-state index contributed by atoms with van der Waals surface area (Å²) in [6, 6.07) is 0. The highest BCUT2D eigenvalue weighted by molar-refractivity contribution is 7.23. The summed E-state index contributed by atoms with van der Waals surface area (Å²) in [5.41, 5.74) is -0.913. The van der Waals surface area contributed by atoms with Crippen molar-refractivity contribution in [3.05, 3.63) is 4.88 Å². The summed E-state index contributed by atoms with van der Waals surface area (Å²) in [7, 11) is -0.622. The lowest BCUT2D eigenvalue weighted by molar-refractivity contribution is 0.00578. The maximum atomic E-state index is 10.3. The number of hydrogen-bond acceptors (Lipinski definition) is 5. The Morgan fingerprint density at radius 2 is 1.31 bits per heavy atom. The third-order valence-electron chi connectivity index (χ3n) is 5.68. The van der Waals surface area contributed by atoms with Crippen LogP contribution in [0.1, 0.15) is 90.9 Å². The first-order chi connectivity index (χ1) is 12.2. The molecular formula is C20H35BO4S. The molecule has 0 amide bonds. The molecule has 2 N–H and O–H groups in total. The van der Waals surface area contributed by atoms with E-state index in [0.717, 1.165) is 24.1 Å². The zero-order valence-electron chi connectivity index (χ0n) is 17.1. The van der Waals surface area contributed by atoms with E-state index in [2.05, 4.69) is 6.92 Å². The lowest BCUT2D eigenvalue weighted by Crippen LogP contribution is -2.41. The number of hydrogen-bond donors (Lipinski definition) is 2. The van der Waals surface area contributed by atoms with Crippen molar-refractivity contribution >= 4 is 23.2 Å². The fraction of sp³-hybridized carbons (Fsp3) is 0.800. The zero-order chi connectivity index (χ0) is 19.4. The summed E-state index contributed by atoms with van der Waals surface area (Å²) < 4.78 is 12.6. The molecule has 0 radical (unpaired) electrons. The second-order valence-electron chi connectivity index (χ2n) is 8.40. The Morgan fingerprint density at radius 1 is 0.808 bits per heavy atom. The molecule has 1 aliphatic rings. The Bertz CT molecular complexity index is 567. The second-order valence-corrected chi connectivity index (χ2v) is 9.54. The van der Waals surface area contributed by atoms with Crippen LogP contribution in [0.3, 0.4) is 0 Å². The Balaban J connectivity index is 1.86. The van der Waals surface area contributed by atoms with Gasteiger partial charge in [0.05, 0.1) is 16.0 Å². The maximum absolute atomic E-state index is 10.3. The summed E-state index contributed by atoms with van der Waals surface area (Å²) in [6.07, 6.45) is 10.8. The molecule has 4 nitrogen and oxygen atoms in total. The van der Waals surface area contributed by atoms with Crippen molar-refractivity contribution in [3.8, 4) is 11.5 Å². The van der Waals surface area contributed by atoms with Crippen LogP contribution in [0.25, 0.3) is 0 Å². The molecule has 0 spiro atoms. The number of unbranched alkanes of at least 4 members (excludes halogenated alkanes) is 7. The molecule has 0 unspecified atom stereocenters. The lowest BCUT2D eigenvalue weighted by atomic mass is 9.87. The molecule has 26 heavy (non-hydrogen) atoms. The van der Waals surface area contributed by atoms with Crippen LogP contribution in [0.15, 0.2) is 0 Å². The van der Waals surface area contributed by atoms with Crippen LogP contribution >= 0.6 is 11.3 Å². The molecule has 148 valence electrons. The molecule has 1 aromatic rings. The molecule has 0 aliphatic carbocycles. The first-order valence-electron chi connectivity index (χ1n) is 10.1. The number of aryl methyl sites for hydroxylation is 1. The van der Waals surface area contributed by atoms with Crippen LogP contribution in [0.2, 0.25) is 0 Å². The standard InChI is InChI=1S/C20H35BO4S/c1-6-7-8-9-10-11-12-13-14-15-16(22)17(23)18(26-15)21-24-19(2,3)20(4,5)25-21/h22-23H,6-14H2,1-5H3. The first-order valence-corrected chi connectivity index (χ1v) is 10.9. The largest absolute Gasteiger partial charge is 0.509 e.